The molecule has 0 bridgehead atoms. The minimum Gasteiger partial charge on any atom is -0.363 e. The van der Waals surface area contributed by atoms with E-state index in [-0.39, 0.29) is 0 Å². The zero-order chi connectivity index (χ0) is 11.4. The van der Waals surface area contributed by atoms with Gasteiger partial charge in [-0.1, -0.05) is 29.0 Å². The molecule has 0 spiro atoms. The maximum Gasteiger partial charge on any atom is 0.205 e. The Morgan fingerprint density at radius 2 is 2.25 bits per heavy atom. The molecule has 3 nitrogen and oxygen atoms in total. The first-order chi connectivity index (χ1) is 7.78. The number of nitrogens with one attached hydrogen (secondary N) is 1. The van der Waals surface area contributed by atoms with Crippen molar-refractivity contribution >= 4 is 28.2 Å². The molecule has 2 aromatic rings. The van der Waals surface area contributed by atoms with Gasteiger partial charge in [0.25, 0.3) is 0 Å². The molecule has 0 amide bonds. The van der Waals surface area contributed by atoms with Gasteiger partial charge in [-0.25, -0.2) is 0 Å². The fourth-order valence-electron chi connectivity index (χ4n) is 1.26. The number of aryl methyl sites for hydroxylation is 1. The van der Waals surface area contributed by atoms with Gasteiger partial charge in [-0.05, 0) is 19.1 Å². The Morgan fingerprint density at radius 1 is 1.38 bits per heavy atom. The summed E-state index contributed by atoms with van der Waals surface area (Å²) in [6.45, 7) is 2.11. The monoisotopic (exact) mass is 251 g/mol. The lowest BCUT2D eigenvalue weighted by atomic mass is 10.2. The van der Waals surface area contributed by atoms with E-state index in [0.717, 1.165) is 15.9 Å². The summed E-state index contributed by atoms with van der Waals surface area (Å²) < 4.78 is 0. The first-order valence-electron chi connectivity index (χ1n) is 4.97. The van der Waals surface area contributed by atoms with Gasteiger partial charge in [-0.2, -0.15) is 0 Å². The van der Waals surface area contributed by atoms with Gasteiger partial charge in [0, 0.05) is 11.9 Å². The molecule has 16 heavy (non-hydrogen) atoms. The van der Waals surface area contributed by atoms with Gasteiger partial charge in [0.2, 0.25) is 5.13 Å². The zero-order valence-electron chi connectivity index (χ0n) is 9.23. The Morgan fingerprint density at radius 3 is 2.94 bits per heavy atom. The van der Waals surface area contributed by atoms with Crippen molar-refractivity contribution in [2.45, 2.75) is 17.6 Å². The normalized spacial score (nSPS) is 10.4. The van der Waals surface area contributed by atoms with Crippen LogP contribution in [-0.4, -0.2) is 17.2 Å². The molecule has 0 fully saturated rings. The van der Waals surface area contributed by atoms with Gasteiger partial charge in [0.1, 0.15) is 5.01 Å². The molecular weight excluding hydrogens is 238 g/mol. The molecule has 1 heterocycles. The molecule has 1 N–H and O–H groups in total. The molecule has 84 valence electrons. The number of benzene rings is 1. The lowest BCUT2D eigenvalue weighted by Crippen LogP contribution is -1.84. The fourth-order valence-corrected chi connectivity index (χ4v) is 2.96. The molecule has 0 aliphatic heterocycles. The van der Waals surface area contributed by atoms with E-state index in [1.54, 1.807) is 23.1 Å². The highest BCUT2D eigenvalue weighted by Crippen LogP contribution is 2.26. The van der Waals surface area contributed by atoms with Crippen LogP contribution in [0, 0.1) is 6.92 Å². The Balaban J connectivity index is 1.96. The first-order valence-corrected chi connectivity index (χ1v) is 6.78. The maximum atomic E-state index is 4.11. The number of rotatable bonds is 4. The van der Waals surface area contributed by atoms with Gasteiger partial charge in [0.05, 0.1) is 5.75 Å². The second kappa shape index (κ2) is 5.32. The molecule has 1 aromatic carbocycles. The summed E-state index contributed by atoms with van der Waals surface area (Å²) in [7, 11) is 1.86. The summed E-state index contributed by atoms with van der Waals surface area (Å²) in [5.41, 5.74) is 1.29. The predicted octanol–water partition coefficient (Wildman–Crippen LogP) is 3.18. The minimum absolute atomic E-state index is 0.875. The van der Waals surface area contributed by atoms with E-state index in [0.29, 0.717) is 0 Å². The largest absolute Gasteiger partial charge is 0.363 e. The van der Waals surface area contributed by atoms with Crippen molar-refractivity contribution in [2.75, 3.05) is 12.4 Å². The topological polar surface area (TPSA) is 37.8 Å². The van der Waals surface area contributed by atoms with Crippen LogP contribution in [0.2, 0.25) is 0 Å². The van der Waals surface area contributed by atoms with Crippen molar-refractivity contribution in [3.63, 3.8) is 0 Å². The smallest absolute Gasteiger partial charge is 0.205 e. The van der Waals surface area contributed by atoms with Crippen molar-refractivity contribution in [2.24, 2.45) is 0 Å². The second-order valence-corrected chi connectivity index (χ2v) is 5.47. The van der Waals surface area contributed by atoms with Crippen LogP contribution in [0.25, 0.3) is 0 Å². The van der Waals surface area contributed by atoms with E-state index < -0.39 is 0 Å². The molecule has 0 saturated heterocycles. The number of hydrogen-bond donors (Lipinski definition) is 1. The van der Waals surface area contributed by atoms with Crippen molar-refractivity contribution in [3.8, 4) is 0 Å². The highest BCUT2D eigenvalue weighted by molar-refractivity contribution is 7.98. The van der Waals surface area contributed by atoms with Crippen molar-refractivity contribution in [3.05, 3.63) is 34.8 Å². The standard InChI is InChI=1S/C11H13N3S2/c1-8-4-3-5-9(6-8)15-7-10-13-14-11(12-2)16-10/h3-6H,7H2,1-2H3,(H,12,14). The minimum atomic E-state index is 0.875. The lowest BCUT2D eigenvalue weighted by molar-refractivity contribution is 1.04. The van der Waals surface area contributed by atoms with Gasteiger partial charge in [-0.15, -0.1) is 22.0 Å². The Kier molecular flexibility index (Phi) is 3.79. The van der Waals surface area contributed by atoms with Crippen LogP contribution < -0.4 is 5.32 Å². The van der Waals surface area contributed by atoms with Gasteiger partial charge in [-0.3, -0.25) is 0 Å². The van der Waals surface area contributed by atoms with Crippen LogP contribution in [0.5, 0.6) is 0 Å². The van der Waals surface area contributed by atoms with Crippen molar-refractivity contribution in [1.82, 2.24) is 10.2 Å². The fraction of sp³-hybridized carbons (Fsp3) is 0.273. The van der Waals surface area contributed by atoms with Gasteiger partial charge >= 0.3 is 0 Å². The third-order valence-corrected chi connectivity index (χ3v) is 4.16. The van der Waals surface area contributed by atoms with Crippen molar-refractivity contribution < 1.29 is 0 Å². The SMILES string of the molecule is CNc1nnc(CSc2cccc(C)c2)s1. The average Bonchev–Trinajstić information content (AvgIpc) is 2.74. The molecule has 2 rings (SSSR count). The van der Waals surface area contributed by atoms with E-state index in [4.69, 9.17) is 0 Å². The van der Waals surface area contributed by atoms with Gasteiger partial charge < -0.3 is 5.32 Å². The summed E-state index contributed by atoms with van der Waals surface area (Å²) in [5, 5.41) is 13.0. The van der Waals surface area contributed by atoms with Crippen LogP contribution in [0.1, 0.15) is 10.6 Å². The molecule has 0 saturated carbocycles. The van der Waals surface area contributed by atoms with Crippen LogP contribution in [0.3, 0.4) is 0 Å². The van der Waals surface area contributed by atoms with Crippen LogP contribution >= 0.6 is 23.1 Å². The third-order valence-electron chi connectivity index (χ3n) is 2.03. The summed E-state index contributed by atoms with van der Waals surface area (Å²) in [6.07, 6.45) is 0. The molecule has 1 aromatic heterocycles. The zero-order valence-corrected chi connectivity index (χ0v) is 10.9. The maximum absolute atomic E-state index is 4.11. The first kappa shape index (κ1) is 11.4. The van der Waals surface area contributed by atoms with E-state index in [1.165, 1.54) is 10.5 Å². The highest BCUT2D eigenvalue weighted by atomic mass is 32.2. The summed E-state index contributed by atoms with van der Waals surface area (Å²) in [6, 6.07) is 8.49. The number of anilines is 1. The molecular formula is C11H13N3S2. The van der Waals surface area contributed by atoms with E-state index in [1.807, 2.05) is 7.05 Å². The van der Waals surface area contributed by atoms with E-state index in [9.17, 15) is 0 Å². The summed E-state index contributed by atoms with van der Waals surface area (Å²) in [5.74, 6) is 0.878. The molecule has 0 aliphatic rings. The average molecular weight is 251 g/mol. The molecule has 0 radical (unpaired) electrons. The number of hydrogen-bond acceptors (Lipinski definition) is 5. The molecule has 0 atom stereocenters. The van der Waals surface area contributed by atoms with E-state index >= 15 is 0 Å². The molecule has 5 heteroatoms. The highest BCUT2D eigenvalue weighted by Gasteiger charge is 2.03. The quantitative estimate of drug-likeness (QED) is 0.847. The Hall–Kier alpha value is -1.07. The summed E-state index contributed by atoms with van der Waals surface area (Å²) in [4.78, 5) is 1.28. The predicted molar refractivity (Wildman–Crippen MR) is 70.2 cm³/mol. The second-order valence-electron chi connectivity index (χ2n) is 3.36. The van der Waals surface area contributed by atoms with Crippen molar-refractivity contribution in [1.29, 1.82) is 0 Å². The number of nitrogens with zero attached hydrogens (tertiary/aromatic N) is 2. The molecule has 0 aliphatic carbocycles. The Bertz CT molecular complexity index is 468. The van der Waals surface area contributed by atoms with E-state index in [2.05, 4.69) is 46.7 Å². The number of thioether (sulfide) groups is 1. The van der Waals surface area contributed by atoms with Crippen LogP contribution in [0.15, 0.2) is 29.2 Å². The third kappa shape index (κ3) is 2.96. The Labute approximate surface area is 103 Å². The lowest BCUT2D eigenvalue weighted by Gasteiger charge is -1.99. The van der Waals surface area contributed by atoms with Crippen LogP contribution in [-0.2, 0) is 5.75 Å². The van der Waals surface area contributed by atoms with Crippen LogP contribution in [0.4, 0.5) is 5.13 Å². The molecule has 0 unspecified atom stereocenters. The number of aromatic nitrogens is 2. The van der Waals surface area contributed by atoms with Gasteiger partial charge in [0.15, 0.2) is 0 Å². The summed E-state index contributed by atoms with van der Waals surface area (Å²) >= 11 is 3.39.